The van der Waals surface area contributed by atoms with E-state index in [9.17, 15) is 0 Å². The Balaban J connectivity index is 0.00000312. The van der Waals surface area contributed by atoms with Crippen LogP contribution in [0.1, 0.15) is 44.8 Å². The second kappa shape index (κ2) is 12.2. The van der Waals surface area contributed by atoms with Gasteiger partial charge in [-0.05, 0) is 59.7 Å². The number of aliphatic imine (C=N–C) groups is 1. The van der Waals surface area contributed by atoms with Crippen molar-refractivity contribution in [3.8, 4) is 0 Å². The van der Waals surface area contributed by atoms with Crippen molar-refractivity contribution in [1.29, 1.82) is 0 Å². The molecule has 1 aromatic rings. The molecule has 1 aromatic heterocycles. The SMILES string of the molecule is CCOCCC1(CNC(=NC)NCCc2ccc(Br)o2)CCCC1.I. The number of hydrogen-bond acceptors (Lipinski definition) is 3. The minimum Gasteiger partial charge on any atom is -0.454 e. The predicted octanol–water partition coefficient (Wildman–Crippen LogP) is 4.35. The normalized spacial score (nSPS) is 16.5. The molecule has 25 heavy (non-hydrogen) atoms. The van der Waals surface area contributed by atoms with Crippen LogP contribution in [0.4, 0.5) is 0 Å². The van der Waals surface area contributed by atoms with E-state index in [4.69, 9.17) is 9.15 Å². The van der Waals surface area contributed by atoms with E-state index in [0.717, 1.165) is 55.5 Å². The van der Waals surface area contributed by atoms with Crippen molar-refractivity contribution in [3.63, 3.8) is 0 Å². The molecule has 1 aliphatic rings. The standard InChI is InChI=1S/C18H30BrN3O2.HI/c1-3-23-13-11-18(9-4-5-10-18)14-22-17(20-2)21-12-8-15-6-7-16(19)24-15;/h6-7H,3-5,8-14H2,1-2H3,(H2,20,21,22);1H. The number of nitrogens with zero attached hydrogens (tertiary/aromatic N) is 1. The van der Waals surface area contributed by atoms with E-state index < -0.39 is 0 Å². The van der Waals surface area contributed by atoms with E-state index in [1.807, 2.05) is 19.2 Å². The number of furan rings is 1. The number of guanidine groups is 1. The maximum absolute atomic E-state index is 5.58. The molecule has 1 fully saturated rings. The summed E-state index contributed by atoms with van der Waals surface area (Å²) in [6.45, 7) is 5.48. The highest BCUT2D eigenvalue weighted by molar-refractivity contribution is 14.0. The Morgan fingerprint density at radius 1 is 1.32 bits per heavy atom. The van der Waals surface area contributed by atoms with Gasteiger partial charge in [0.25, 0.3) is 0 Å². The Hall–Kier alpha value is -0.280. The van der Waals surface area contributed by atoms with Crippen molar-refractivity contribution in [2.24, 2.45) is 10.4 Å². The van der Waals surface area contributed by atoms with Gasteiger partial charge in [-0.1, -0.05) is 12.8 Å². The summed E-state index contributed by atoms with van der Waals surface area (Å²) in [6, 6.07) is 3.91. The first-order chi connectivity index (χ1) is 11.7. The summed E-state index contributed by atoms with van der Waals surface area (Å²) in [5, 5.41) is 6.88. The summed E-state index contributed by atoms with van der Waals surface area (Å²) in [4.78, 5) is 4.34. The fourth-order valence-corrected chi connectivity index (χ4v) is 3.70. The van der Waals surface area contributed by atoms with Gasteiger partial charge in [0, 0.05) is 39.8 Å². The topological polar surface area (TPSA) is 58.8 Å². The molecule has 1 saturated carbocycles. The Morgan fingerprint density at radius 3 is 2.68 bits per heavy atom. The van der Waals surface area contributed by atoms with Gasteiger partial charge in [-0.25, -0.2) is 0 Å². The third-order valence-electron chi connectivity index (χ3n) is 4.79. The van der Waals surface area contributed by atoms with Crippen molar-refractivity contribution >= 4 is 45.9 Å². The van der Waals surface area contributed by atoms with Crippen molar-refractivity contribution in [2.45, 2.75) is 45.4 Å². The number of nitrogens with one attached hydrogen (secondary N) is 2. The van der Waals surface area contributed by atoms with Crippen LogP contribution in [0, 0.1) is 5.41 Å². The second-order valence-corrected chi connectivity index (χ2v) is 7.24. The largest absolute Gasteiger partial charge is 0.454 e. The maximum Gasteiger partial charge on any atom is 0.191 e. The monoisotopic (exact) mass is 527 g/mol. The minimum atomic E-state index is 0. The van der Waals surface area contributed by atoms with E-state index in [1.54, 1.807) is 0 Å². The minimum absolute atomic E-state index is 0. The second-order valence-electron chi connectivity index (χ2n) is 6.46. The van der Waals surface area contributed by atoms with Gasteiger partial charge >= 0.3 is 0 Å². The van der Waals surface area contributed by atoms with Crippen LogP contribution < -0.4 is 10.6 Å². The van der Waals surface area contributed by atoms with Gasteiger partial charge in [0.1, 0.15) is 5.76 Å². The van der Waals surface area contributed by atoms with Crippen molar-refractivity contribution < 1.29 is 9.15 Å². The number of ether oxygens (including phenoxy) is 1. The van der Waals surface area contributed by atoms with Gasteiger partial charge in [-0.3, -0.25) is 4.99 Å². The summed E-state index contributed by atoms with van der Waals surface area (Å²) in [7, 11) is 1.82. The molecule has 0 bridgehead atoms. The highest BCUT2D eigenvalue weighted by Gasteiger charge is 2.33. The van der Waals surface area contributed by atoms with Gasteiger partial charge < -0.3 is 19.8 Å². The molecule has 0 unspecified atom stereocenters. The first-order valence-corrected chi connectivity index (χ1v) is 9.73. The maximum atomic E-state index is 5.58. The first-order valence-electron chi connectivity index (χ1n) is 8.94. The molecule has 7 heteroatoms. The molecule has 0 amide bonds. The number of rotatable bonds is 9. The zero-order chi connectivity index (χ0) is 17.3. The number of halogens is 2. The average Bonchev–Trinajstić information content (AvgIpc) is 3.21. The van der Waals surface area contributed by atoms with Gasteiger partial charge in [-0.2, -0.15) is 0 Å². The lowest BCUT2D eigenvalue weighted by Gasteiger charge is -2.30. The summed E-state index contributed by atoms with van der Waals surface area (Å²) >= 11 is 3.33. The molecule has 144 valence electrons. The van der Waals surface area contributed by atoms with Crippen LogP contribution in [0.3, 0.4) is 0 Å². The molecular weight excluding hydrogens is 497 g/mol. The fraction of sp³-hybridized carbons (Fsp3) is 0.722. The highest BCUT2D eigenvalue weighted by Crippen LogP contribution is 2.40. The van der Waals surface area contributed by atoms with Crippen molar-refractivity contribution in [3.05, 3.63) is 22.6 Å². The molecule has 0 saturated heterocycles. The molecule has 2 N–H and O–H groups in total. The molecule has 0 atom stereocenters. The Kier molecular flexibility index (Phi) is 11.1. The molecule has 0 aliphatic heterocycles. The summed E-state index contributed by atoms with van der Waals surface area (Å²) < 4.78 is 11.9. The molecule has 1 heterocycles. The van der Waals surface area contributed by atoms with Crippen molar-refractivity contribution in [1.82, 2.24) is 10.6 Å². The lowest BCUT2D eigenvalue weighted by Crippen LogP contribution is -2.43. The van der Waals surface area contributed by atoms with Crippen LogP contribution in [-0.4, -0.2) is 39.3 Å². The van der Waals surface area contributed by atoms with Gasteiger partial charge in [0.2, 0.25) is 0 Å². The van der Waals surface area contributed by atoms with Gasteiger partial charge in [0.05, 0.1) is 0 Å². The summed E-state index contributed by atoms with van der Waals surface area (Å²) in [6.07, 6.45) is 7.18. The molecule has 0 aromatic carbocycles. The smallest absolute Gasteiger partial charge is 0.191 e. The van der Waals surface area contributed by atoms with Gasteiger partial charge in [-0.15, -0.1) is 24.0 Å². The third kappa shape index (κ3) is 7.86. The Bertz CT molecular complexity index is 516. The van der Waals surface area contributed by atoms with E-state index in [-0.39, 0.29) is 24.0 Å². The highest BCUT2D eigenvalue weighted by atomic mass is 127. The van der Waals surface area contributed by atoms with Crippen LogP contribution in [0.15, 0.2) is 26.2 Å². The van der Waals surface area contributed by atoms with Crippen molar-refractivity contribution in [2.75, 3.05) is 33.4 Å². The van der Waals surface area contributed by atoms with Gasteiger partial charge in [0.15, 0.2) is 10.6 Å². The number of hydrogen-bond donors (Lipinski definition) is 2. The lowest BCUT2D eigenvalue weighted by atomic mass is 9.83. The predicted molar refractivity (Wildman–Crippen MR) is 117 cm³/mol. The van der Waals surface area contributed by atoms with Crippen LogP contribution in [0.5, 0.6) is 0 Å². The van der Waals surface area contributed by atoms with E-state index in [0.29, 0.717) is 5.41 Å². The van der Waals surface area contributed by atoms with E-state index >= 15 is 0 Å². The summed E-state index contributed by atoms with van der Waals surface area (Å²) in [5.74, 6) is 1.83. The molecular formula is C18H31BrIN3O2. The zero-order valence-corrected chi connectivity index (χ0v) is 19.2. The first kappa shape index (κ1) is 22.8. The molecule has 2 rings (SSSR count). The Labute approximate surface area is 176 Å². The molecule has 1 aliphatic carbocycles. The average molecular weight is 528 g/mol. The Morgan fingerprint density at radius 2 is 2.08 bits per heavy atom. The molecule has 5 nitrogen and oxygen atoms in total. The summed E-state index contributed by atoms with van der Waals surface area (Å²) in [5.41, 5.74) is 0.360. The van der Waals surface area contributed by atoms with Crippen LogP contribution in [-0.2, 0) is 11.2 Å². The lowest BCUT2D eigenvalue weighted by molar-refractivity contribution is 0.105. The quantitative estimate of drug-likeness (QED) is 0.217. The fourth-order valence-electron chi connectivity index (χ4n) is 3.36. The van der Waals surface area contributed by atoms with Crippen LogP contribution in [0.25, 0.3) is 0 Å². The zero-order valence-electron chi connectivity index (χ0n) is 15.3. The third-order valence-corrected chi connectivity index (χ3v) is 5.22. The molecule has 0 spiro atoms. The van der Waals surface area contributed by atoms with E-state index in [1.165, 1.54) is 25.7 Å². The molecule has 0 radical (unpaired) electrons. The van der Waals surface area contributed by atoms with E-state index in [2.05, 4.69) is 38.5 Å². The van der Waals surface area contributed by atoms with Crippen LogP contribution >= 0.6 is 39.9 Å². The van der Waals surface area contributed by atoms with Crippen LogP contribution in [0.2, 0.25) is 0 Å².